The molecule has 1 aliphatic rings. The number of carbonyl (C=O) groups is 1. The van der Waals surface area contributed by atoms with Crippen LogP contribution in [0.4, 0.5) is 0 Å². The lowest BCUT2D eigenvalue weighted by Gasteiger charge is -2.35. The van der Waals surface area contributed by atoms with Crippen LogP contribution in [0.15, 0.2) is 0 Å². The van der Waals surface area contributed by atoms with Crippen LogP contribution in [0.5, 0.6) is 0 Å². The zero-order valence-corrected chi connectivity index (χ0v) is 11.8. The Balaban J connectivity index is 2.28. The third-order valence-electron chi connectivity index (χ3n) is 3.53. The first kappa shape index (κ1) is 15.4. The molecule has 0 bridgehead atoms. The molecule has 0 aromatic heterocycles. The molecule has 0 aromatic carbocycles. The smallest absolute Gasteiger partial charge is 0.225 e. The van der Waals surface area contributed by atoms with Crippen molar-refractivity contribution >= 4 is 5.91 Å². The minimum absolute atomic E-state index is 0.0163. The highest BCUT2D eigenvalue weighted by atomic mass is 16.5. The normalized spacial score (nSPS) is 20.8. The lowest BCUT2D eigenvalue weighted by atomic mass is 10.2. The first-order chi connectivity index (χ1) is 8.56. The summed E-state index contributed by atoms with van der Waals surface area (Å²) < 4.78 is 5.11. The summed E-state index contributed by atoms with van der Waals surface area (Å²) in [6.07, 6.45) is 0.969. The van der Waals surface area contributed by atoms with Crippen molar-refractivity contribution < 1.29 is 14.6 Å². The SMILES string of the molecule is CC[C@H](O)CN1CCN(C(=O)C[C@@H](C)OC)CC1. The lowest BCUT2D eigenvalue weighted by molar-refractivity contribution is -0.135. The average Bonchev–Trinajstić information content (AvgIpc) is 2.39. The van der Waals surface area contributed by atoms with Crippen molar-refractivity contribution in [3.8, 4) is 0 Å². The fourth-order valence-corrected chi connectivity index (χ4v) is 2.07. The molecule has 1 amide bonds. The number of aliphatic hydroxyl groups excluding tert-OH is 1. The Morgan fingerprint density at radius 2 is 1.94 bits per heavy atom. The Morgan fingerprint density at radius 1 is 1.33 bits per heavy atom. The van der Waals surface area contributed by atoms with Gasteiger partial charge in [0.25, 0.3) is 0 Å². The van der Waals surface area contributed by atoms with E-state index in [1.807, 2.05) is 18.7 Å². The van der Waals surface area contributed by atoms with E-state index in [2.05, 4.69) is 4.90 Å². The molecule has 0 aromatic rings. The van der Waals surface area contributed by atoms with E-state index in [4.69, 9.17) is 4.74 Å². The first-order valence-corrected chi connectivity index (χ1v) is 6.77. The number of ether oxygens (including phenoxy) is 1. The van der Waals surface area contributed by atoms with Crippen molar-refractivity contribution in [2.24, 2.45) is 0 Å². The second-order valence-electron chi connectivity index (χ2n) is 4.99. The highest BCUT2D eigenvalue weighted by Gasteiger charge is 2.22. The molecule has 0 spiro atoms. The number of methoxy groups -OCH3 is 1. The molecule has 1 heterocycles. The van der Waals surface area contributed by atoms with Crippen LogP contribution in [0.2, 0.25) is 0 Å². The maximum absolute atomic E-state index is 11.9. The van der Waals surface area contributed by atoms with Crippen molar-refractivity contribution in [2.45, 2.75) is 38.9 Å². The standard InChI is InChI=1S/C13H26N2O3/c1-4-12(16)10-14-5-7-15(8-6-14)13(17)9-11(2)18-3/h11-12,16H,4-10H2,1-3H3/t11-,12+/m1/s1. The molecule has 0 radical (unpaired) electrons. The van der Waals surface area contributed by atoms with Gasteiger partial charge in [0.05, 0.1) is 18.6 Å². The molecule has 0 saturated carbocycles. The van der Waals surface area contributed by atoms with Gasteiger partial charge < -0.3 is 14.7 Å². The Bertz CT molecular complexity index is 253. The van der Waals surface area contributed by atoms with E-state index < -0.39 is 0 Å². The third kappa shape index (κ3) is 4.92. The molecule has 18 heavy (non-hydrogen) atoms. The maximum Gasteiger partial charge on any atom is 0.225 e. The first-order valence-electron chi connectivity index (χ1n) is 6.77. The van der Waals surface area contributed by atoms with Crippen molar-refractivity contribution in [2.75, 3.05) is 39.8 Å². The van der Waals surface area contributed by atoms with Gasteiger partial charge in [-0.1, -0.05) is 6.92 Å². The summed E-state index contributed by atoms with van der Waals surface area (Å²) in [4.78, 5) is 16.0. The van der Waals surface area contributed by atoms with Crippen LogP contribution in [-0.4, -0.2) is 72.9 Å². The Morgan fingerprint density at radius 3 is 2.44 bits per heavy atom. The van der Waals surface area contributed by atoms with Crippen LogP contribution in [-0.2, 0) is 9.53 Å². The summed E-state index contributed by atoms with van der Waals surface area (Å²) in [5.74, 6) is 0.167. The molecule has 2 atom stereocenters. The molecule has 1 rings (SSSR count). The molecule has 0 unspecified atom stereocenters. The van der Waals surface area contributed by atoms with Gasteiger partial charge in [-0.05, 0) is 13.3 Å². The zero-order valence-electron chi connectivity index (χ0n) is 11.8. The zero-order chi connectivity index (χ0) is 13.5. The number of hydrogen-bond donors (Lipinski definition) is 1. The maximum atomic E-state index is 11.9. The predicted octanol–water partition coefficient (Wildman–Crippen LogP) is 0.327. The van der Waals surface area contributed by atoms with Gasteiger partial charge in [-0.2, -0.15) is 0 Å². The number of amides is 1. The fraction of sp³-hybridized carbons (Fsp3) is 0.923. The second kappa shape index (κ2) is 7.71. The molecular formula is C13H26N2O3. The van der Waals surface area contributed by atoms with Gasteiger partial charge in [0.1, 0.15) is 0 Å². The molecule has 106 valence electrons. The van der Waals surface area contributed by atoms with Crippen LogP contribution in [0.1, 0.15) is 26.7 Å². The number of carbonyl (C=O) groups excluding carboxylic acids is 1. The molecule has 0 aliphatic carbocycles. The van der Waals surface area contributed by atoms with Crippen molar-refractivity contribution in [3.63, 3.8) is 0 Å². The predicted molar refractivity (Wildman–Crippen MR) is 70.4 cm³/mol. The van der Waals surface area contributed by atoms with E-state index in [1.165, 1.54) is 0 Å². The van der Waals surface area contributed by atoms with Crippen LogP contribution in [0.25, 0.3) is 0 Å². The summed E-state index contributed by atoms with van der Waals surface area (Å²) in [6, 6.07) is 0. The summed E-state index contributed by atoms with van der Waals surface area (Å²) in [7, 11) is 1.63. The Kier molecular flexibility index (Phi) is 6.60. The van der Waals surface area contributed by atoms with Crippen LogP contribution < -0.4 is 0 Å². The van der Waals surface area contributed by atoms with Crippen molar-refractivity contribution in [1.82, 2.24) is 9.80 Å². The minimum atomic E-state index is -0.249. The van der Waals surface area contributed by atoms with Gasteiger partial charge in [-0.3, -0.25) is 9.69 Å². The number of rotatable bonds is 6. The van der Waals surface area contributed by atoms with E-state index in [0.29, 0.717) is 13.0 Å². The molecule has 1 saturated heterocycles. The summed E-state index contributed by atoms with van der Waals surface area (Å²) >= 11 is 0. The highest BCUT2D eigenvalue weighted by molar-refractivity contribution is 5.76. The van der Waals surface area contributed by atoms with E-state index in [-0.39, 0.29) is 18.1 Å². The van der Waals surface area contributed by atoms with E-state index in [0.717, 1.165) is 32.6 Å². The molecule has 5 nitrogen and oxygen atoms in total. The average molecular weight is 258 g/mol. The van der Waals surface area contributed by atoms with Crippen LogP contribution in [0, 0.1) is 0 Å². The number of aliphatic hydroxyl groups is 1. The fourth-order valence-electron chi connectivity index (χ4n) is 2.07. The quantitative estimate of drug-likeness (QED) is 0.746. The molecule has 1 aliphatic heterocycles. The van der Waals surface area contributed by atoms with E-state index in [9.17, 15) is 9.90 Å². The third-order valence-corrected chi connectivity index (χ3v) is 3.53. The Labute approximate surface area is 110 Å². The van der Waals surface area contributed by atoms with Crippen molar-refractivity contribution in [1.29, 1.82) is 0 Å². The second-order valence-corrected chi connectivity index (χ2v) is 4.99. The Hall–Kier alpha value is -0.650. The monoisotopic (exact) mass is 258 g/mol. The molecular weight excluding hydrogens is 232 g/mol. The van der Waals surface area contributed by atoms with Gasteiger partial charge >= 0.3 is 0 Å². The number of β-amino-alcohol motifs (C(OH)–C–C–N with tert-alkyl or cyclic N) is 1. The van der Waals surface area contributed by atoms with Crippen LogP contribution >= 0.6 is 0 Å². The summed E-state index contributed by atoms with van der Waals surface area (Å²) in [5.41, 5.74) is 0. The number of nitrogens with zero attached hydrogens (tertiary/aromatic N) is 2. The molecule has 1 fully saturated rings. The highest BCUT2D eigenvalue weighted by Crippen LogP contribution is 2.07. The largest absolute Gasteiger partial charge is 0.392 e. The summed E-state index contributed by atoms with van der Waals surface area (Å²) in [5, 5.41) is 9.60. The van der Waals surface area contributed by atoms with Gasteiger partial charge in [0.2, 0.25) is 5.91 Å². The van der Waals surface area contributed by atoms with E-state index >= 15 is 0 Å². The van der Waals surface area contributed by atoms with Gasteiger partial charge in [-0.15, -0.1) is 0 Å². The molecule has 5 heteroatoms. The number of hydrogen-bond acceptors (Lipinski definition) is 4. The molecule has 1 N–H and O–H groups in total. The van der Waals surface area contributed by atoms with Crippen molar-refractivity contribution in [3.05, 3.63) is 0 Å². The number of piperazine rings is 1. The van der Waals surface area contributed by atoms with Crippen LogP contribution in [0.3, 0.4) is 0 Å². The summed E-state index contributed by atoms with van der Waals surface area (Å²) in [6.45, 7) is 7.82. The van der Waals surface area contributed by atoms with Gasteiger partial charge in [-0.25, -0.2) is 0 Å². The van der Waals surface area contributed by atoms with Gasteiger partial charge in [0.15, 0.2) is 0 Å². The lowest BCUT2D eigenvalue weighted by Crippen LogP contribution is -2.50. The minimum Gasteiger partial charge on any atom is -0.392 e. The van der Waals surface area contributed by atoms with Gasteiger partial charge in [0, 0.05) is 39.8 Å². The topological polar surface area (TPSA) is 53.0 Å². The van der Waals surface area contributed by atoms with E-state index in [1.54, 1.807) is 7.11 Å².